The van der Waals surface area contributed by atoms with Gasteiger partial charge in [-0.1, -0.05) is 39.0 Å². The fourth-order valence-electron chi connectivity index (χ4n) is 4.38. The number of carbonyl (C=O) groups excluding carboxylic acids is 1. The Hall–Kier alpha value is -0.963. The van der Waals surface area contributed by atoms with Gasteiger partial charge < -0.3 is 4.43 Å². The number of hydrogen-bond acceptors (Lipinski definition) is 5. The Bertz CT molecular complexity index is 1070. The number of carbonyl (C=O) groups is 1. The van der Waals surface area contributed by atoms with Crippen LogP contribution in [-0.4, -0.2) is 55.1 Å². The van der Waals surface area contributed by atoms with Crippen LogP contribution in [0, 0.1) is 0 Å². The third-order valence-corrected chi connectivity index (χ3v) is 14.1. The molecule has 0 N–H and O–H groups in total. The van der Waals surface area contributed by atoms with E-state index >= 15 is 0 Å². The zero-order valence-electron chi connectivity index (χ0n) is 21.9. The van der Waals surface area contributed by atoms with Gasteiger partial charge in [-0.2, -0.15) is 0 Å². The molecule has 3 rings (SSSR count). The van der Waals surface area contributed by atoms with Crippen molar-refractivity contribution in [1.82, 2.24) is 9.80 Å². The van der Waals surface area contributed by atoms with Crippen molar-refractivity contribution in [3.05, 3.63) is 62.8 Å². The average Bonchev–Trinajstić information content (AvgIpc) is 3.12. The highest BCUT2D eigenvalue weighted by Gasteiger charge is 2.40. The van der Waals surface area contributed by atoms with Crippen LogP contribution in [0.3, 0.4) is 0 Å². The lowest BCUT2D eigenvalue weighted by molar-refractivity contribution is 0.0315. The molecule has 0 bridgehead atoms. The first-order chi connectivity index (χ1) is 16.2. The van der Waals surface area contributed by atoms with Gasteiger partial charge in [-0.3, -0.25) is 14.6 Å². The van der Waals surface area contributed by atoms with Crippen molar-refractivity contribution < 1.29 is 9.22 Å². The van der Waals surface area contributed by atoms with E-state index in [0.717, 1.165) is 34.7 Å². The summed E-state index contributed by atoms with van der Waals surface area (Å²) in [4.78, 5) is 18.7. The van der Waals surface area contributed by atoms with E-state index in [-0.39, 0.29) is 11.1 Å². The van der Waals surface area contributed by atoms with Crippen molar-refractivity contribution in [1.29, 1.82) is 0 Å². The summed E-state index contributed by atoms with van der Waals surface area (Å²) in [6, 6.07) is 11.3. The molecule has 1 fully saturated rings. The lowest BCUT2D eigenvalue weighted by Crippen LogP contribution is -2.57. The van der Waals surface area contributed by atoms with Gasteiger partial charge in [0.05, 0.1) is 6.04 Å². The largest absolute Gasteiger partial charge is 0.543 e. The Kier molecular flexibility index (Phi) is 9.15. The first-order valence-electron chi connectivity index (χ1n) is 12.1. The van der Waals surface area contributed by atoms with Crippen LogP contribution in [0.15, 0.2) is 47.5 Å². The van der Waals surface area contributed by atoms with Crippen molar-refractivity contribution in [2.24, 2.45) is 0 Å². The molecule has 0 spiro atoms. The topological polar surface area (TPSA) is 32.8 Å². The summed E-state index contributed by atoms with van der Waals surface area (Å²) in [6.07, 6.45) is 1.98. The van der Waals surface area contributed by atoms with Gasteiger partial charge in [0, 0.05) is 41.1 Å². The Morgan fingerprint density at radius 3 is 2.54 bits per heavy atom. The number of nitrogens with zero attached hydrogens (tertiary/aromatic N) is 2. The third-order valence-electron chi connectivity index (χ3n) is 7.37. The maximum absolute atomic E-state index is 12.1. The molecule has 1 aliphatic rings. The second-order valence-electron chi connectivity index (χ2n) is 11.1. The molecule has 2 heterocycles. The van der Waals surface area contributed by atoms with Gasteiger partial charge in [0.25, 0.3) is 5.24 Å². The number of benzene rings is 1. The van der Waals surface area contributed by atoms with Crippen LogP contribution in [0.4, 0.5) is 0 Å². The minimum absolute atomic E-state index is 0.00707. The van der Waals surface area contributed by atoms with E-state index in [1.807, 2.05) is 6.08 Å². The summed E-state index contributed by atoms with van der Waals surface area (Å²) >= 11 is 10.9. The SMILES string of the molecule is C=CCN1C[C@H](C)N([C@H](c2cccc(O[Si](C)(C)C(C)(C)C)c2)c2cc(Br)c(C(=O)Cl)s2)C[C@H]1C. The summed E-state index contributed by atoms with van der Waals surface area (Å²) in [6.45, 7) is 22.5. The van der Waals surface area contributed by atoms with Crippen molar-refractivity contribution in [3.63, 3.8) is 0 Å². The molecule has 1 aromatic carbocycles. The van der Waals surface area contributed by atoms with E-state index < -0.39 is 13.6 Å². The molecule has 35 heavy (non-hydrogen) atoms. The Balaban J connectivity index is 2.06. The molecule has 8 heteroatoms. The summed E-state index contributed by atoms with van der Waals surface area (Å²) in [5.74, 6) is 0.911. The quantitative estimate of drug-likeness (QED) is 0.176. The number of hydrogen-bond donors (Lipinski definition) is 0. The minimum atomic E-state index is -1.98. The molecule has 2 aromatic rings. The molecule has 4 nitrogen and oxygen atoms in total. The van der Waals surface area contributed by atoms with Gasteiger partial charge in [-0.15, -0.1) is 17.9 Å². The number of halogens is 2. The monoisotopic (exact) mass is 596 g/mol. The highest BCUT2D eigenvalue weighted by Crippen LogP contribution is 2.42. The van der Waals surface area contributed by atoms with Gasteiger partial charge in [0.2, 0.25) is 8.32 Å². The molecular formula is C27H38BrClN2O2SSi. The van der Waals surface area contributed by atoms with E-state index in [4.69, 9.17) is 16.0 Å². The third kappa shape index (κ3) is 6.49. The predicted molar refractivity (Wildman–Crippen MR) is 156 cm³/mol. The zero-order valence-corrected chi connectivity index (χ0v) is 26.1. The van der Waals surface area contributed by atoms with Crippen LogP contribution in [-0.2, 0) is 0 Å². The smallest absolute Gasteiger partial charge is 0.263 e. The van der Waals surface area contributed by atoms with E-state index in [1.54, 1.807) is 0 Å². The normalized spacial score (nSPS) is 21.1. The maximum atomic E-state index is 12.1. The van der Waals surface area contributed by atoms with Crippen molar-refractivity contribution >= 4 is 52.4 Å². The van der Waals surface area contributed by atoms with Crippen LogP contribution in [0.2, 0.25) is 18.1 Å². The van der Waals surface area contributed by atoms with Crippen molar-refractivity contribution in [3.8, 4) is 5.75 Å². The van der Waals surface area contributed by atoms with Gasteiger partial charge in [-0.25, -0.2) is 0 Å². The molecule has 0 saturated carbocycles. The molecule has 0 aliphatic carbocycles. The Morgan fingerprint density at radius 2 is 1.97 bits per heavy atom. The second-order valence-corrected chi connectivity index (χ2v) is 18.1. The fraction of sp³-hybridized carbons (Fsp3) is 0.519. The van der Waals surface area contributed by atoms with E-state index in [1.165, 1.54) is 16.9 Å². The fourth-order valence-corrected chi connectivity index (χ4v) is 7.58. The number of rotatable bonds is 8. The summed E-state index contributed by atoms with van der Waals surface area (Å²) < 4.78 is 7.42. The van der Waals surface area contributed by atoms with Gasteiger partial charge >= 0.3 is 0 Å². The predicted octanol–water partition coefficient (Wildman–Crippen LogP) is 7.94. The van der Waals surface area contributed by atoms with Crippen LogP contribution < -0.4 is 4.43 Å². The molecular weight excluding hydrogens is 560 g/mol. The summed E-state index contributed by atoms with van der Waals surface area (Å²) in [5.41, 5.74) is 1.17. The summed E-state index contributed by atoms with van der Waals surface area (Å²) in [7, 11) is -1.98. The second kappa shape index (κ2) is 11.2. The number of thiophene rings is 1. The van der Waals surface area contributed by atoms with E-state index in [2.05, 4.69) is 110 Å². The molecule has 192 valence electrons. The van der Waals surface area contributed by atoms with Gasteiger partial charge in [0.15, 0.2) is 0 Å². The van der Waals surface area contributed by atoms with E-state index in [0.29, 0.717) is 17.0 Å². The van der Waals surface area contributed by atoms with Crippen LogP contribution in [0.5, 0.6) is 5.75 Å². The molecule has 1 aliphatic heterocycles. The molecule has 1 saturated heterocycles. The molecule has 3 atom stereocenters. The lowest BCUT2D eigenvalue weighted by atomic mass is 9.98. The highest BCUT2D eigenvalue weighted by molar-refractivity contribution is 9.10. The van der Waals surface area contributed by atoms with Crippen LogP contribution >= 0.6 is 38.9 Å². The van der Waals surface area contributed by atoms with E-state index in [9.17, 15) is 4.79 Å². The van der Waals surface area contributed by atoms with Gasteiger partial charge in [-0.05, 0) is 83.3 Å². The molecule has 0 unspecified atom stereocenters. The molecule has 0 amide bonds. The standard InChI is InChI=1S/C27H38BrClN2O2SSi/c1-9-13-30-16-19(3)31(17-18(30)2)24(23-15-22(28)25(34-23)26(29)32)20-11-10-12-21(14-20)33-35(7,8)27(4,5)6/h9-12,14-15,18-19,24H,1,13,16-17H2,2-8H3/t18-,19+,24-/m1/s1. The zero-order chi connectivity index (χ0) is 26.1. The van der Waals surface area contributed by atoms with Crippen LogP contribution in [0.25, 0.3) is 0 Å². The Morgan fingerprint density at radius 1 is 1.29 bits per heavy atom. The van der Waals surface area contributed by atoms with Crippen molar-refractivity contribution in [2.45, 2.75) is 70.9 Å². The average molecular weight is 598 g/mol. The lowest BCUT2D eigenvalue weighted by Gasteiger charge is -2.47. The van der Waals surface area contributed by atoms with Gasteiger partial charge in [0.1, 0.15) is 10.6 Å². The minimum Gasteiger partial charge on any atom is -0.543 e. The first kappa shape index (κ1) is 28.6. The maximum Gasteiger partial charge on any atom is 0.263 e. The van der Waals surface area contributed by atoms with Crippen LogP contribution in [0.1, 0.15) is 60.8 Å². The van der Waals surface area contributed by atoms with Crippen molar-refractivity contribution in [2.75, 3.05) is 19.6 Å². The molecule has 0 radical (unpaired) electrons. The Labute approximate surface area is 229 Å². The number of piperazine rings is 1. The molecule has 1 aromatic heterocycles. The summed E-state index contributed by atoms with van der Waals surface area (Å²) in [5, 5.41) is -0.318. The highest BCUT2D eigenvalue weighted by atomic mass is 79.9. The first-order valence-corrected chi connectivity index (χ1v) is 17.0.